The summed E-state index contributed by atoms with van der Waals surface area (Å²) in [6.45, 7) is 6.33. The molecule has 5 rings (SSSR count). The molecule has 1 amide bonds. The van der Waals surface area contributed by atoms with Crippen LogP contribution in [-0.4, -0.2) is 48.6 Å². The van der Waals surface area contributed by atoms with E-state index in [1.807, 2.05) is 29.2 Å². The zero-order valence-electron chi connectivity index (χ0n) is 18.0. The maximum absolute atomic E-state index is 13.2. The molecule has 1 saturated heterocycles. The normalized spacial score (nSPS) is 16.8. The van der Waals surface area contributed by atoms with Crippen LogP contribution in [0.2, 0.25) is 0 Å². The van der Waals surface area contributed by atoms with Crippen LogP contribution < -0.4 is 9.64 Å². The van der Waals surface area contributed by atoms with Gasteiger partial charge in [0.1, 0.15) is 5.75 Å². The molecule has 0 saturated carbocycles. The van der Waals surface area contributed by atoms with Gasteiger partial charge in [-0.2, -0.15) is 0 Å². The van der Waals surface area contributed by atoms with E-state index in [1.54, 1.807) is 13.2 Å². The van der Waals surface area contributed by atoms with Gasteiger partial charge in [0, 0.05) is 42.1 Å². The fourth-order valence-corrected chi connectivity index (χ4v) is 4.26. The Balaban J connectivity index is 1.37. The van der Waals surface area contributed by atoms with Gasteiger partial charge in [-0.3, -0.25) is 4.79 Å². The number of nitrogens with zero attached hydrogens (tertiary/aromatic N) is 3. The zero-order valence-corrected chi connectivity index (χ0v) is 18.0. The molecule has 0 spiro atoms. The third-order valence-corrected chi connectivity index (χ3v) is 6.00. The van der Waals surface area contributed by atoms with Crippen molar-refractivity contribution in [3.8, 4) is 5.75 Å². The van der Waals surface area contributed by atoms with Crippen molar-refractivity contribution in [3.63, 3.8) is 0 Å². The van der Waals surface area contributed by atoms with Crippen molar-refractivity contribution >= 4 is 33.6 Å². The average molecular weight is 415 g/mol. The van der Waals surface area contributed by atoms with Crippen LogP contribution in [0.25, 0.3) is 22.0 Å². The highest BCUT2D eigenvalue weighted by molar-refractivity contribution is 5.98. The number of rotatable bonds is 3. The molecule has 6 nitrogen and oxygen atoms in total. The number of furan rings is 1. The first-order chi connectivity index (χ1) is 15.0. The summed E-state index contributed by atoms with van der Waals surface area (Å²) in [6, 6.07) is 18.2. The molecule has 158 valence electrons. The summed E-state index contributed by atoms with van der Waals surface area (Å²) < 4.78 is 11.2. The molecule has 0 N–H and O–H groups in total. The Bertz CT molecular complexity index is 1260. The number of anilines is 1. The van der Waals surface area contributed by atoms with Crippen molar-refractivity contribution in [3.05, 3.63) is 65.9 Å². The third-order valence-electron chi connectivity index (χ3n) is 6.00. The molecule has 3 heterocycles. The number of piperazine rings is 1. The highest BCUT2D eigenvalue weighted by Crippen LogP contribution is 2.27. The first-order valence-corrected chi connectivity index (χ1v) is 10.5. The van der Waals surface area contributed by atoms with Crippen LogP contribution in [0.3, 0.4) is 0 Å². The molecule has 0 aliphatic carbocycles. The molecule has 1 aliphatic heterocycles. The third kappa shape index (κ3) is 3.58. The molecule has 1 aliphatic rings. The maximum Gasteiger partial charge on any atom is 0.289 e. The lowest BCUT2D eigenvalue weighted by Crippen LogP contribution is -2.53. The maximum atomic E-state index is 13.2. The Morgan fingerprint density at radius 1 is 1.06 bits per heavy atom. The molecular formula is C25H25N3O3. The lowest BCUT2D eigenvalue weighted by molar-refractivity contribution is 0.0696. The zero-order chi connectivity index (χ0) is 21.5. The van der Waals surface area contributed by atoms with E-state index in [9.17, 15) is 4.79 Å². The van der Waals surface area contributed by atoms with Gasteiger partial charge in [0.05, 0.1) is 12.6 Å². The van der Waals surface area contributed by atoms with Crippen molar-refractivity contribution < 1.29 is 13.9 Å². The molecule has 2 aromatic heterocycles. The van der Waals surface area contributed by atoms with E-state index >= 15 is 0 Å². The van der Waals surface area contributed by atoms with Crippen LogP contribution in [0.15, 0.2) is 59.0 Å². The van der Waals surface area contributed by atoms with Crippen molar-refractivity contribution in [2.75, 3.05) is 31.6 Å². The Morgan fingerprint density at radius 3 is 2.61 bits per heavy atom. The van der Waals surface area contributed by atoms with E-state index in [4.69, 9.17) is 9.15 Å². The van der Waals surface area contributed by atoms with Crippen LogP contribution in [0, 0.1) is 6.92 Å². The summed E-state index contributed by atoms with van der Waals surface area (Å²) in [5, 5.41) is 1.77. The number of aromatic nitrogens is 1. The number of methoxy groups -OCH3 is 1. The number of amides is 1. The highest BCUT2D eigenvalue weighted by atomic mass is 16.5. The number of benzene rings is 2. The number of fused-ring (bicyclic) bond motifs is 2. The number of hydrogen-bond acceptors (Lipinski definition) is 5. The second-order valence-corrected chi connectivity index (χ2v) is 8.18. The minimum atomic E-state index is -0.0879. The predicted octanol–water partition coefficient (Wildman–Crippen LogP) is 4.65. The Morgan fingerprint density at radius 2 is 1.87 bits per heavy atom. The first kappa shape index (κ1) is 19.4. The van der Waals surface area contributed by atoms with Gasteiger partial charge in [-0.05, 0) is 56.3 Å². The van der Waals surface area contributed by atoms with Gasteiger partial charge in [0.2, 0.25) is 5.71 Å². The van der Waals surface area contributed by atoms with Gasteiger partial charge >= 0.3 is 0 Å². The number of carbonyl (C=O) groups is 1. The lowest BCUT2D eigenvalue weighted by Gasteiger charge is -2.41. The number of aryl methyl sites for hydroxylation is 1. The predicted molar refractivity (Wildman–Crippen MR) is 122 cm³/mol. The average Bonchev–Trinajstić information content (AvgIpc) is 3.20. The molecule has 0 bridgehead atoms. The smallest absolute Gasteiger partial charge is 0.289 e. The van der Waals surface area contributed by atoms with Crippen molar-refractivity contribution in [2.45, 2.75) is 19.9 Å². The Labute approximate surface area is 181 Å². The summed E-state index contributed by atoms with van der Waals surface area (Å²) >= 11 is 0. The Hall–Kier alpha value is -3.54. The molecule has 1 atom stereocenters. The monoisotopic (exact) mass is 415 g/mol. The number of carbonyl (C=O) groups excluding carboxylic acids is 1. The minimum absolute atomic E-state index is 0.0879. The molecule has 4 aromatic rings. The van der Waals surface area contributed by atoms with E-state index in [0.29, 0.717) is 24.6 Å². The molecule has 0 unspecified atom stereocenters. The van der Waals surface area contributed by atoms with Crippen LogP contribution in [-0.2, 0) is 0 Å². The van der Waals surface area contributed by atoms with Crippen LogP contribution in [0.1, 0.15) is 23.0 Å². The molecule has 6 heteroatoms. The SMILES string of the molecule is COc1ccc2nc3oc(C(=O)N4CCN(c5ccc(C)cc5)[C@@H](C)C4)cc3cc2c1. The molecule has 0 radical (unpaired) electrons. The van der Waals surface area contributed by atoms with Gasteiger partial charge in [-0.1, -0.05) is 17.7 Å². The van der Waals surface area contributed by atoms with Crippen molar-refractivity contribution in [1.29, 1.82) is 0 Å². The van der Waals surface area contributed by atoms with Gasteiger partial charge < -0.3 is 19.0 Å². The van der Waals surface area contributed by atoms with Crippen LogP contribution in [0.5, 0.6) is 5.75 Å². The Kier molecular flexibility index (Phi) is 4.77. The summed E-state index contributed by atoms with van der Waals surface area (Å²) in [7, 11) is 1.64. The largest absolute Gasteiger partial charge is 0.497 e. The van der Waals surface area contributed by atoms with Crippen molar-refractivity contribution in [2.24, 2.45) is 0 Å². The fourth-order valence-electron chi connectivity index (χ4n) is 4.26. The fraction of sp³-hybridized carbons (Fsp3) is 0.280. The van der Waals surface area contributed by atoms with Gasteiger partial charge in [-0.25, -0.2) is 4.98 Å². The minimum Gasteiger partial charge on any atom is -0.497 e. The number of ether oxygens (including phenoxy) is 1. The van der Waals surface area contributed by atoms with Crippen LogP contribution in [0.4, 0.5) is 5.69 Å². The first-order valence-electron chi connectivity index (χ1n) is 10.5. The summed E-state index contributed by atoms with van der Waals surface area (Å²) in [6.07, 6.45) is 0. The van der Waals surface area contributed by atoms with Crippen LogP contribution >= 0.6 is 0 Å². The summed E-state index contributed by atoms with van der Waals surface area (Å²) in [5.41, 5.74) is 3.73. The van der Waals surface area contributed by atoms with E-state index in [-0.39, 0.29) is 11.9 Å². The van der Waals surface area contributed by atoms with Gasteiger partial charge in [0.25, 0.3) is 5.91 Å². The van der Waals surface area contributed by atoms with Gasteiger partial charge in [-0.15, -0.1) is 0 Å². The lowest BCUT2D eigenvalue weighted by atomic mass is 10.1. The molecule has 1 fully saturated rings. The molecular weight excluding hydrogens is 390 g/mol. The highest BCUT2D eigenvalue weighted by Gasteiger charge is 2.29. The second-order valence-electron chi connectivity index (χ2n) is 8.18. The quantitative estimate of drug-likeness (QED) is 0.488. The second kappa shape index (κ2) is 7.61. The molecule has 31 heavy (non-hydrogen) atoms. The molecule has 2 aromatic carbocycles. The van der Waals surface area contributed by atoms with Gasteiger partial charge in [0.15, 0.2) is 5.76 Å². The number of pyridine rings is 1. The number of hydrogen-bond donors (Lipinski definition) is 0. The van der Waals surface area contributed by atoms with E-state index in [0.717, 1.165) is 28.6 Å². The standard InChI is InChI=1S/C25H25N3O3/c1-16-4-6-20(7-5-16)28-11-10-27(15-17(28)2)25(29)23-14-19-12-18-13-21(30-3)8-9-22(18)26-24(19)31-23/h4-9,12-14,17H,10-11,15H2,1-3H3/t17-/m0/s1. The summed E-state index contributed by atoms with van der Waals surface area (Å²) in [4.78, 5) is 22.0. The topological polar surface area (TPSA) is 58.8 Å². The van der Waals surface area contributed by atoms with E-state index in [1.165, 1.54) is 11.3 Å². The summed E-state index contributed by atoms with van der Waals surface area (Å²) in [5.74, 6) is 1.02. The van der Waals surface area contributed by atoms with Crippen molar-refractivity contribution in [1.82, 2.24) is 9.88 Å². The van der Waals surface area contributed by atoms with E-state index < -0.39 is 0 Å². The van der Waals surface area contributed by atoms with E-state index in [2.05, 4.69) is 48.0 Å².